The van der Waals surface area contributed by atoms with E-state index in [0.717, 1.165) is 15.9 Å². The predicted octanol–water partition coefficient (Wildman–Crippen LogP) is 2.92. The number of amides is 1. The Morgan fingerprint density at radius 2 is 1.59 bits per heavy atom. The van der Waals surface area contributed by atoms with Crippen LogP contribution in [-0.4, -0.2) is 43.8 Å². The number of ether oxygens (including phenoxy) is 4. The minimum Gasteiger partial charge on any atom is -0.493 e. The van der Waals surface area contributed by atoms with Gasteiger partial charge in [0.05, 0.1) is 61.0 Å². The molecule has 0 fully saturated rings. The Morgan fingerprint density at radius 3 is 2.17 bits per heavy atom. The van der Waals surface area contributed by atoms with Crippen molar-refractivity contribution in [2.45, 2.75) is 5.92 Å². The van der Waals surface area contributed by atoms with Crippen LogP contribution in [0.5, 0.6) is 23.0 Å². The van der Waals surface area contributed by atoms with Crippen molar-refractivity contribution in [3.63, 3.8) is 0 Å². The van der Waals surface area contributed by atoms with E-state index in [1.54, 1.807) is 42.5 Å². The van der Waals surface area contributed by atoms with E-state index in [4.69, 9.17) is 24.7 Å². The number of methoxy groups -OCH3 is 4. The average Bonchev–Trinajstić information content (AvgIpc) is 3.39. The summed E-state index contributed by atoms with van der Waals surface area (Å²) in [7, 11) is 5.94. The van der Waals surface area contributed by atoms with E-state index >= 15 is 0 Å². The fourth-order valence-corrected chi connectivity index (χ4v) is 6.27. The number of nitro benzene ring substituents is 1. The Morgan fingerprint density at radius 1 is 0.978 bits per heavy atom. The van der Waals surface area contributed by atoms with Crippen molar-refractivity contribution in [1.29, 1.82) is 5.26 Å². The molecule has 1 unspecified atom stereocenters. The van der Waals surface area contributed by atoms with Gasteiger partial charge in [-0.3, -0.25) is 24.3 Å². The van der Waals surface area contributed by atoms with Crippen LogP contribution in [-0.2, 0) is 4.79 Å². The fourth-order valence-electron chi connectivity index (χ4n) is 5.09. The second-order valence-electron chi connectivity index (χ2n) is 9.80. The molecule has 0 saturated carbocycles. The SMILES string of the molecule is COc1ccc(/C=c2\sc3n(c2=O)C(N)=C(C#N)C(c2ccc(OC)c(OC)c2)C=3C(=O)Nc2ccc([N+](=O)[O-])cc2)cc1OC. The van der Waals surface area contributed by atoms with Gasteiger partial charge in [-0.05, 0) is 53.6 Å². The Hall–Kier alpha value is -6.07. The second-order valence-corrected chi connectivity index (χ2v) is 10.8. The first kappa shape index (κ1) is 31.4. The molecule has 3 N–H and O–H groups in total. The molecule has 234 valence electrons. The molecule has 3 aromatic carbocycles. The number of carbonyl (C=O) groups is 1. The molecular formula is C32H27N5O8S. The molecule has 1 aliphatic heterocycles. The molecule has 1 amide bonds. The van der Waals surface area contributed by atoms with Crippen molar-refractivity contribution in [2.24, 2.45) is 5.73 Å². The van der Waals surface area contributed by atoms with Gasteiger partial charge in [0.2, 0.25) is 0 Å². The van der Waals surface area contributed by atoms with E-state index in [9.17, 15) is 25.0 Å². The Bertz CT molecular complexity index is 2130. The zero-order valence-corrected chi connectivity index (χ0v) is 25.8. The summed E-state index contributed by atoms with van der Waals surface area (Å²) in [4.78, 5) is 38.6. The Balaban J connectivity index is 1.78. The van der Waals surface area contributed by atoms with E-state index in [2.05, 4.69) is 11.4 Å². The summed E-state index contributed by atoms with van der Waals surface area (Å²) in [5.74, 6) is -0.0679. The van der Waals surface area contributed by atoms with E-state index in [0.29, 0.717) is 34.1 Å². The van der Waals surface area contributed by atoms with Crippen molar-refractivity contribution in [3.8, 4) is 29.1 Å². The molecule has 0 aliphatic carbocycles. The van der Waals surface area contributed by atoms with Gasteiger partial charge in [0.1, 0.15) is 10.5 Å². The van der Waals surface area contributed by atoms with Gasteiger partial charge in [0.25, 0.3) is 17.2 Å². The molecule has 2 heterocycles. The number of fused-ring (bicyclic) bond motifs is 1. The minimum atomic E-state index is -1.02. The smallest absolute Gasteiger partial charge is 0.274 e. The van der Waals surface area contributed by atoms with Crippen molar-refractivity contribution in [2.75, 3.05) is 33.8 Å². The number of nitrogens with two attached hydrogens (primary N) is 1. The van der Waals surface area contributed by atoms with Gasteiger partial charge in [-0.15, -0.1) is 11.3 Å². The summed E-state index contributed by atoms with van der Waals surface area (Å²) in [6.45, 7) is 0. The van der Waals surface area contributed by atoms with Crippen LogP contribution in [0.15, 0.2) is 71.0 Å². The number of carbonyl (C=O) groups excluding carboxylic acids is 1. The molecule has 1 aromatic heterocycles. The lowest BCUT2D eigenvalue weighted by atomic mass is 9.83. The molecule has 0 saturated heterocycles. The van der Waals surface area contributed by atoms with E-state index in [-0.39, 0.29) is 37.5 Å². The lowest BCUT2D eigenvalue weighted by Gasteiger charge is -2.26. The molecule has 0 bridgehead atoms. The van der Waals surface area contributed by atoms with Crippen molar-refractivity contribution in [3.05, 3.63) is 107 Å². The molecule has 0 radical (unpaired) electrons. The molecule has 13 nitrogen and oxygen atoms in total. The monoisotopic (exact) mass is 641 g/mol. The van der Waals surface area contributed by atoms with E-state index < -0.39 is 22.3 Å². The maximum atomic E-state index is 14.2. The first-order valence-corrected chi connectivity index (χ1v) is 14.3. The van der Waals surface area contributed by atoms with Gasteiger partial charge >= 0.3 is 0 Å². The van der Waals surface area contributed by atoms with Crippen LogP contribution in [0.2, 0.25) is 0 Å². The zero-order chi connectivity index (χ0) is 33.1. The van der Waals surface area contributed by atoms with Crippen LogP contribution in [0.1, 0.15) is 17.0 Å². The van der Waals surface area contributed by atoms with Gasteiger partial charge in [0, 0.05) is 17.8 Å². The van der Waals surface area contributed by atoms with Crippen molar-refractivity contribution in [1.82, 2.24) is 4.57 Å². The summed E-state index contributed by atoms with van der Waals surface area (Å²) in [6.07, 6.45) is 1.62. The normalized spacial score (nSPS) is 14.3. The first-order chi connectivity index (χ1) is 22.1. The molecule has 5 rings (SSSR count). The van der Waals surface area contributed by atoms with Gasteiger partial charge in [-0.1, -0.05) is 12.1 Å². The number of nitro groups is 1. The number of hydrogen-bond acceptors (Lipinski definition) is 11. The largest absolute Gasteiger partial charge is 0.493 e. The number of aromatic nitrogens is 1. The third kappa shape index (κ3) is 5.62. The molecule has 4 aromatic rings. The number of nitrogens with one attached hydrogen (secondary N) is 1. The number of nitriles is 1. The topological polar surface area (TPSA) is 181 Å². The van der Waals surface area contributed by atoms with Crippen LogP contribution in [0.4, 0.5) is 11.4 Å². The highest BCUT2D eigenvalue weighted by molar-refractivity contribution is 7.07. The van der Waals surface area contributed by atoms with Crippen molar-refractivity contribution < 1.29 is 28.7 Å². The Labute approximate surface area is 265 Å². The van der Waals surface area contributed by atoms with Gasteiger partial charge < -0.3 is 30.0 Å². The minimum absolute atomic E-state index is 0.0360. The lowest BCUT2D eigenvalue weighted by molar-refractivity contribution is -0.384. The summed E-state index contributed by atoms with van der Waals surface area (Å²) in [5.41, 5.74) is 7.20. The number of thiazole rings is 1. The van der Waals surface area contributed by atoms with Gasteiger partial charge in [0.15, 0.2) is 23.0 Å². The number of allylic oxidation sites excluding steroid dienone is 1. The average molecular weight is 642 g/mol. The number of benzene rings is 3. The molecule has 1 aliphatic rings. The van der Waals surface area contributed by atoms with Crippen molar-refractivity contribution >= 4 is 46.1 Å². The molecular weight excluding hydrogens is 614 g/mol. The van der Waals surface area contributed by atoms with Crippen LogP contribution >= 0.6 is 11.3 Å². The number of nitrogens with zero attached hydrogens (tertiary/aromatic N) is 3. The predicted molar refractivity (Wildman–Crippen MR) is 171 cm³/mol. The highest BCUT2D eigenvalue weighted by Crippen LogP contribution is 2.40. The number of non-ortho nitro benzene ring substituents is 1. The molecule has 0 spiro atoms. The fraction of sp³-hybridized carbons (Fsp3) is 0.156. The van der Waals surface area contributed by atoms with E-state index in [1.165, 1.54) is 52.7 Å². The second kappa shape index (κ2) is 12.9. The van der Waals surface area contributed by atoms with Crippen LogP contribution in [0.25, 0.3) is 17.5 Å². The number of rotatable bonds is 9. The summed E-state index contributed by atoms with van der Waals surface area (Å²) < 4.78 is 23.1. The maximum Gasteiger partial charge on any atom is 0.274 e. The maximum absolute atomic E-state index is 14.2. The highest BCUT2D eigenvalue weighted by atomic mass is 32.1. The highest BCUT2D eigenvalue weighted by Gasteiger charge is 2.36. The third-order valence-electron chi connectivity index (χ3n) is 7.30. The standard InChI is InChI=1S/C32H27N5O8S/c1-42-22-11-5-17(13-24(22)44-3)14-26-31(39)36-29(34)21(16-33)27(18-6-12-23(43-2)25(15-18)45-4)28(32(36)46-26)30(38)35-19-7-9-20(10-8-19)37(40)41/h5-15,27H,34H2,1-4H3,(H,35,38)/b26-14-. The third-order valence-corrected chi connectivity index (χ3v) is 8.40. The van der Waals surface area contributed by atoms with Crippen LogP contribution in [0.3, 0.4) is 0 Å². The molecule has 46 heavy (non-hydrogen) atoms. The summed E-state index contributed by atoms with van der Waals surface area (Å²) in [5, 5.41) is 24.3. The number of anilines is 1. The van der Waals surface area contributed by atoms with Gasteiger partial charge in [-0.2, -0.15) is 5.26 Å². The quantitative estimate of drug-likeness (QED) is 0.204. The van der Waals surface area contributed by atoms with E-state index in [1.807, 2.05) is 0 Å². The summed E-state index contributed by atoms with van der Waals surface area (Å²) in [6, 6.07) is 17.5. The van der Waals surface area contributed by atoms with Crippen LogP contribution < -0.4 is 44.8 Å². The van der Waals surface area contributed by atoms with Gasteiger partial charge in [-0.25, -0.2) is 0 Å². The lowest BCUT2D eigenvalue weighted by Crippen LogP contribution is -2.40. The first-order valence-electron chi connectivity index (χ1n) is 13.5. The summed E-state index contributed by atoms with van der Waals surface area (Å²) >= 11 is 1.02. The molecule has 1 atom stereocenters. The Kier molecular flexibility index (Phi) is 8.78. The number of hydrogen-bond donors (Lipinski definition) is 2. The van der Waals surface area contributed by atoms with Crippen LogP contribution in [0, 0.1) is 21.4 Å². The zero-order valence-electron chi connectivity index (χ0n) is 25.0. The molecule has 14 heteroatoms.